The van der Waals surface area contributed by atoms with Crippen LogP contribution in [-0.2, 0) is 11.0 Å². The number of amides is 1. The second kappa shape index (κ2) is 8.34. The summed E-state index contributed by atoms with van der Waals surface area (Å²) in [4.78, 5) is 22.4. The Morgan fingerprint density at radius 3 is 2.55 bits per heavy atom. The molecule has 4 rings (SSSR count). The van der Waals surface area contributed by atoms with E-state index in [0.29, 0.717) is 35.6 Å². The molecule has 1 aromatic heterocycles. The molecule has 0 aliphatic carbocycles. The maximum absolute atomic E-state index is 13.7. The van der Waals surface area contributed by atoms with Crippen LogP contribution in [0.3, 0.4) is 0 Å². The van der Waals surface area contributed by atoms with Gasteiger partial charge in [-0.05, 0) is 49.6 Å². The molecule has 1 atom stereocenters. The molecule has 9 heteroatoms. The molecule has 0 bridgehead atoms. The van der Waals surface area contributed by atoms with Gasteiger partial charge in [-0.3, -0.25) is 4.79 Å². The van der Waals surface area contributed by atoms with Gasteiger partial charge in [0.05, 0.1) is 27.7 Å². The summed E-state index contributed by atoms with van der Waals surface area (Å²) >= 11 is 6.20. The Kier molecular flexibility index (Phi) is 5.75. The molecule has 2 heterocycles. The summed E-state index contributed by atoms with van der Waals surface area (Å²) in [7, 11) is 0. The Morgan fingerprint density at radius 1 is 1.16 bits per heavy atom. The van der Waals surface area contributed by atoms with E-state index in [2.05, 4.69) is 15.3 Å². The number of piperidine rings is 1. The number of hydrogen-bond acceptors (Lipinski definition) is 4. The zero-order valence-corrected chi connectivity index (χ0v) is 17.5. The fourth-order valence-corrected chi connectivity index (χ4v) is 4.02. The van der Waals surface area contributed by atoms with E-state index in [1.54, 1.807) is 30.3 Å². The lowest BCUT2D eigenvalue weighted by molar-refractivity contribution is -0.140. The highest BCUT2D eigenvalue weighted by Crippen LogP contribution is 2.37. The zero-order chi connectivity index (χ0) is 22.2. The molecular weight excluding hydrogens is 429 g/mol. The summed E-state index contributed by atoms with van der Waals surface area (Å²) in [5, 5.41) is 3.22. The summed E-state index contributed by atoms with van der Waals surface area (Å²) in [6.45, 7) is 2.37. The van der Waals surface area contributed by atoms with E-state index < -0.39 is 17.8 Å². The number of aromatic nitrogens is 2. The summed E-state index contributed by atoms with van der Waals surface area (Å²) in [6, 6.07) is 11.7. The lowest BCUT2D eigenvalue weighted by Crippen LogP contribution is -2.42. The first-order valence-corrected chi connectivity index (χ1v) is 10.3. The second-order valence-electron chi connectivity index (χ2n) is 7.64. The van der Waals surface area contributed by atoms with Gasteiger partial charge >= 0.3 is 6.18 Å². The molecule has 1 amide bonds. The summed E-state index contributed by atoms with van der Waals surface area (Å²) in [6.07, 6.45) is -3.53. The molecular formula is C22H20ClF3N4O. The fourth-order valence-electron chi connectivity index (χ4n) is 3.74. The van der Waals surface area contributed by atoms with Gasteiger partial charge in [-0.2, -0.15) is 13.2 Å². The topological polar surface area (TPSA) is 58.1 Å². The normalized spacial score (nSPS) is 17.1. The van der Waals surface area contributed by atoms with E-state index in [0.717, 1.165) is 5.56 Å². The Labute approximate surface area is 182 Å². The van der Waals surface area contributed by atoms with Crippen molar-refractivity contribution in [2.75, 3.05) is 23.3 Å². The van der Waals surface area contributed by atoms with Crippen molar-refractivity contribution in [2.45, 2.75) is 25.9 Å². The van der Waals surface area contributed by atoms with Crippen molar-refractivity contribution < 1.29 is 18.0 Å². The van der Waals surface area contributed by atoms with Crippen LogP contribution in [0.2, 0.25) is 5.02 Å². The van der Waals surface area contributed by atoms with Crippen LogP contribution in [0.15, 0.2) is 42.5 Å². The molecule has 3 aromatic rings. The first kappa shape index (κ1) is 21.4. The standard InChI is InChI=1S/C22H20ClF3N4O/c1-13-8-9-16(15(23)11-13)29-21(31)14-5-4-10-30(12-14)20-19(22(24,25)26)27-17-6-2-3-7-18(17)28-20/h2-3,6-9,11,14H,4-5,10,12H2,1H3,(H,29,31). The first-order chi connectivity index (χ1) is 14.7. The molecule has 1 saturated heterocycles. The van der Waals surface area contributed by atoms with Crippen LogP contribution < -0.4 is 10.2 Å². The highest BCUT2D eigenvalue weighted by Gasteiger charge is 2.40. The maximum Gasteiger partial charge on any atom is 0.437 e. The van der Waals surface area contributed by atoms with Crippen molar-refractivity contribution in [2.24, 2.45) is 5.92 Å². The predicted octanol–water partition coefficient (Wildman–Crippen LogP) is 5.47. The Hall–Kier alpha value is -2.87. The number of rotatable bonds is 3. The number of anilines is 2. The highest BCUT2D eigenvalue weighted by molar-refractivity contribution is 6.33. The van der Waals surface area contributed by atoms with E-state index in [4.69, 9.17) is 11.6 Å². The Balaban J connectivity index is 1.61. The van der Waals surface area contributed by atoms with Crippen molar-refractivity contribution in [3.8, 4) is 0 Å². The van der Waals surface area contributed by atoms with Gasteiger partial charge in [0.2, 0.25) is 5.91 Å². The molecule has 1 fully saturated rings. The molecule has 1 aliphatic heterocycles. The summed E-state index contributed by atoms with van der Waals surface area (Å²) in [5.41, 5.74) is 0.966. The van der Waals surface area contributed by atoms with Gasteiger partial charge in [0.15, 0.2) is 11.5 Å². The second-order valence-corrected chi connectivity index (χ2v) is 8.05. The average Bonchev–Trinajstić information content (AvgIpc) is 2.74. The van der Waals surface area contributed by atoms with Gasteiger partial charge < -0.3 is 10.2 Å². The van der Waals surface area contributed by atoms with Crippen molar-refractivity contribution in [1.29, 1.82) is 0 Å². The monoisotopic (exact) mass is 448 g/mol. The minimum Gasteiger partial charge on any atom is -0.354 e. The van der Waals surface area contributed by atoms with E-state index in [-0.39, 0.29) is 23.8 Å². The van der Waals surface area contributed by atoms with Gasteiger partial charge in [-0.25, -0.2) is 9.97 Å². The highest BCUT2D eigenvalue weighted by atomic mass is 35.5. The number of nitrogens with zero attached hydrogens (tertiary/aromatic N) is 3. The Bertz CT molecular complexity index is 1140. The number of fused-ring (bicyclic) bond motifs is 1. The smallest absolute Gasteiger partial charge is 0.354 e. The summed E-state index contributed by atoms with van der Waals surface area (Å²) in [5.74, 6) is -1.02. The van der Waals surface area contributed by atoms with Gasteiger partial charge in [0, 0.05) is 13.1 Å². The lowest BCUT2D eigenvalue weighted by Gasteiger charge is -2.34. The third-order valence-electron chi connectivity index (χ3n) is 5.29. The van der Waals surface area contributed by atoms with Crippen molar-refractivity contribution in [3.05, 3.63) is 58.7 Å². The molecule has 1 unspecified atom stereocenters. The van der Waals surface area contributed by atoms with Crippen LogP contribution >= 0.6 is 11.6 Å². The van der Waals surface area contributed by atoms with E-state index in [9.17, 15) is 18.0 Å². The molecule has 31 heavy (non-hydrogen) atoms. The van der Waals surface area contributed by atoms with Crippen LogP contribution in [0.4, 0.5) is 24.7 Å². The first-order valence-electron chi connectivity index (χ1n) is 9.88. The molecule has 0 saturated carbocycles. The minimum absolute atomic E-state index is 0.116. The SMILES string of the molecule is Cc1ccc(NC(=O)C2CCCN(c3nc4ccccc4nc3C(F)(F)F)C2)c(Cl)c1. The zero-order valence-electron chi connectivity index (χ0n) is 16.7. The number of alkyl halides is 3. The predicted molar refractivity (Wildman–Crippen MR) is 114 cm³/mol. The third kappa shape index (κ3) is 4.58. The number of halogens is 4. The largest absolute Gasteiger partial charge is 0.437 e. The fraction of sp³-hybridized carbons (Fsp3) is 0.318. The van der Waals surface area contributed by atoms with Crippen molar-refractivity contribution >= 4 is 40.0 Å². The number of benzene rings is 2. The molecule has 5 nitrogen and oxygen atoms in total. The minimum atomic E-state index is -4.66. The van der Waals surface area contributed by atoms with E-state index in [1.165, 1.54) is 11.0 Å². The number of para-hydroxylation sites is 2. The number of hydrogen-bond donors (Lipinski definition) is 1. The number of aryl methyl sites for hydroxylation is 1. The molecule has 1 N–H and O–H groups in total. The molecule has 2 aromatic carbocycles. The molecule has 1 aliphatic rings. The molecule has 0 spiro atoms. The van der Waals surface area contributed by atoms with Gasteiger partial charge in [0.1, 0.15) is 0 Å². The van der Waals surface area contributed by atoms with E-state index in [1.807, 2.05) is 13.0 Å². The lowest BCUT2D eigenvalue weighted by atomic mass is 9.96. The van der Waals surface area contributed by atoms with Gasteiger partial charge in [0.25, 0.3) is 0 Å². The van der Waals surface area contributed by atoms with Crippen LogP contribution in [0.1, 0.15) is 24.1 Å². The van der Waals surface area contributed by atoms with Crippen LogP contribution in [0, 0.1) is 12.8 Å². The van der Waals surface area contributed by atoms with Crippen molar-refractivity contribution in [3.63, 3.8) is 0 Å². The maximum atomic E-state index is 13.7. The average molecular weight is 449 g/mol. The van der Waals surface area contributed by atoms with Crippen LogP contribution in [0.25, 0.3) is 11.0 Å². The Morgan fingerprint density at radius 2 is 1.87 bits per heavy atom. The number of carbonyl (C=O) groups is 1. The quantitative estimate of drug-likeness (QED) is 0.577. The molecule has 0 radical (unpaired) electrons. The van der Waals surface area contributed by atoms with E-state index >= 15 is 0 Å². The summed E-state index contributed by atoms with van der Waals surface area (Å²) < 4.78 is 41.2. The van der Waals surface area contributed by atoms with Gasteiger partial charge in [-0.1, -0.05) is 29.8 Å². The van der Waals surface area contributed by atoms with Gasteiger partial charge in [-0.15, -0.1) is 0 Å². The number of nitrogens with one attached hydrogen (secondary N) is 1. The van der Waals surface area contributed by atoms with Crippen molar-refractivity contribution in [1.82, 2.24) is 9.97 Å². The van der Waals surface area contributed by atoms with Crippen LogP contribution in [-0.4, -0.2) is 29.0 Å². The molecule has 162 valence electrons. The third-order valence-corrected chi connectivity index (χ3v) is 5.61. The number of carbonyl (C=O) groups excluding carboxylic acids is 1. The van der Waals surface area contributed by atoms with Crippen LogP contribution in [0.5, 0.6) is 0 Å².